The second-order valence-corrected chi connectivity index (χ2v) is 31.1. The Morgan fingerprint density at radius 1 is 0.611 bits per heavy atom. The zero-order valence-corrected chi connectivity index (χ0v) is 18.9. The van der Waals surface area contributed by atoms with Crippen LogP contribution < -0.4 is 3.20 Å². The normalized spacial score (nSPS) is 16.0. The van der Waals surface area contributed by atoms with Gasteiger partial charge in [0, 0.05) is 0 Å². The van der Waals surface area contributed by atoms with Gasteiger partial charge in [-0.15, -0.1) is 0 Å². The summed E-state index contributed by atoms with van der Waals surface area (Å²) in [4.78, 5) is 7.54. The van der Waals surface area contributed by atoms with E-state index in [1.165, 1.54) is 0 Å². The van der Waals surface area contributed by atoms with Gasteiger partial charge in [-0.25, -0.2) is 0 Å². The Balaban J connectivity index is 6.10. The molecule has 0 aromatic heterocycles. The predicted octanol–water partition coefficient (Wildman–Crippen LogP) is 5.76. The molecule has 0 atom stereocenters. The van der Waals surface area contributed by atoms with E-state index in [1.54, 1.807) is 0 Å². The fourth-order valence-corrected chi connectivity index (χ4v) is 32.8. The zero-order chi connectivity index (χ0) is 15.2. The van der Waals surface area contributed by atoms with Crippen molar-refractivity contribution in [1.29, 1.82) is 0 Å². The van der Waals surface area contributed by atoms with Gasteiger partial charge in [0.1, 0.15) is 0 Å². The van der Waals surface area contributed by atoms with Crippen LogP contribution in [0.1, 0.15) is 62.3 Å². The minimum atomic E-state index is -2.07. The van der Waals surface area contributed by atoms with Crippen molar-refractivity contribution in [3.05, 3.63) is 0 Å². The van der Waals surface area contributed by atoms with Crippen LogP contribution in [-0.2, 0) is 0 Å². The second kappa shape index (κ2) is 5.07. The van der Waals surface area contributed by atoms with Crippen molar-refractivity contribution in [1.82, 2.24) is 3.20 Å². The van der Waals surface area contributed by atoms with Gasteiger partial charge in [-0.2, -0.15) is 0 Å². The van der Waals surface area contributed by atoms with Crippen LogP contribution in [0.4, 0.5) is 0 Å². The Morgan fingerprint density at radius 3 is 0.889 bits per heavy atom. The third-order valence-electron chi connectivity index (χ3n) is 3.94. The molecule has 0 heterocycles. The summed E-state index contributed by atoms with van der Waals surface area (Å²) in [5, 5.41) is 1.11. The van der Waals surface area contributed by atoms with Gasteiger partial charge in [0.2, 0.25) is 0 Å². The number of hydrogen-bond acceptors (Lipinski definition) is 1. The molecule has 3 heteroatoms. The fourth-order valence-electron chi connectivity index (χ4n) is 4.50. The SMILES string of the molecule is CC(C)(C)[Si]([NH][Sn]([CH3])([CH3])[CH3])(C(C)(C)C)C(C)(C)C. The molecule has 1 nitrogen and oxygen atoms in total. The Labute approximate surface area is 122 Å². The molecule has 18 heavy (non-hydrogen) atoms. The maximum absolute atomic E-state index is 4.34. The molecule has 0 aliphatic rings. The summed E-state index contributed by atoms with van der Waals surface area (Å²) in [7, 11) is -1.69. The third kappa shape index (κ3) is 3.75. The van der Waals surface area contributed by atoms with Crippen LogP contribution in [0.3, 0.4) is 0 Å². The Kier molecular flexibility index (Phi) is 5.34. The van der Waals surface area contributed by atoms with Crippen molar-refractivity contribution >= 4 is 26.9 Å². The number of nitrogens with one attached hydrogen (secondary N) is 1. The Hall–Kier alpha value is 0.976. The van der Waals surface area contributed by atoms with Crippen molar-refractivity contribution < 1.29 is 0 Å². The second-order valence-electron chi connectivity index (χ2n) is 9.88. The summed E-state index contributed by atoms with van der Waals surface area (Å²) in [5.41, 5.74) is 0. The van der Waals surface area contributed by atoms with Crippen molar-refractivity contribution in [2.75, 3.05) is 0 Å². The molecule has 0 bridgehead atoms. The van der Waals surface area contributed by atoms with Crippen LogP contribution in [0.2, 0.25) is 29.9 Å². The van der Waals surface area contributed by atoms with Crippen LogP contribution in [-0.4, -0.2) is 26.9 Å². The van der Waals surface area contributed by atoms with Gasteiger partial charge < -0.3 is 0 Å². The van der Waals surface area contributed by atoms with Crippen molar-refractivity contribution in [2.45, 2.75) is 92.2 Å². The quantitative estimate of drug-likeness (QED) is 0.603. The first-order valence-electron chi connectivity index (χ1n) is 7.25. The van der Waals surface area contributed by atoms with Gasteiger partial charge in [0.25, 0.3) is 0 Å². The summed E-state index contributed by atoms with van der Waals surface area (Å²) in [6.45, 7) is 22.1. The van der Waals surface area contributed by atoms with Crippen LogP contribution in [0.25, 0.3) is 0 Å². The molecule has 0 amide bonds. The van der Waals surface area contributed by atoms with E-state index >= 15 is 0 Å². The van der Waals surface area contributed by atoms with Gasteiger partial charge in [0.05, 0.1) is 0 Å². The average Bonchev–Trinajstić information content (AvgIpc) is 1.90. The molecule has 0 aromatic carbocycles. The molecule has 0 aromatic rings. The molecule has 0 unspecified atom stereocenters. The first kappa shape index (κ1) is 19.0. The number of rotatable bonds is 2. The third-order valence-corrected chi connectivity index (χ3v) is 21.4. The molecular weight excluding hydrogens is 341 g/mol. The molecule has 0 spiro atoms. The molecule has 110 valence electrons. The summed E-state index contributed by atoms with van der Waals surface area (Å²) >= 11 is -2.07. The standard InChI is InChI=1S/C12H28NSi.3CH3.Sn/c1-10(2,3)14(13,11(4,5)6)12(7,8)9;;;;/h13H,1-9H3;3*1H3;/q-1;;;;+1. The molecule has 0 radical (unpaired) electrons. The Bertz CT molecular complexity index is 248. The maximum atomic E-state index is 4.34. The molecule has 0 saturated heterocycles. The van der Waals surface area contributed by atoms with Crippen molar-refractivity contribution in [3.8, 4) is 0 Å². The van der Waals surface area contributed by atoms with E-state index in [0.717, 1.165) is 0 Å². The van der Waals surface area contributed by atoms with E-state index in [4.69, 9.17) is 0 Å². The van der Waals surface area contributed by atoms with E-state index in [0.29, 0.717) is 15.1 Å². The molecule has 0 aliphatic carbocycles. The number of hydrogen-bond donors (Lipinski definition) is 1. The van der Waals surface area contributed by atoms with Crippen LogP contribution >= 0.6 is 0 Å². The van der Waals surface area contributed by atoms with E-state index < -0.39 is 26.9 Å². The molecule has 0 aliphatic heterocycles. The van der Waals surface area contributed by atoms with E-state index in [2.05, 4.69) is 80.3 Å². The van der Waals surface area contributed by atoms with E-state index in [9.17, 15) is 0 Å². The zero-order valence-electron chi connectivity index (χ0n) is 15.0. The van der Waals surface area contributed by atoms with Gasteiger partial charge in [-0.05, 0) is 0 Å². The topological polar surface area (TPSA) is 12.0 Å². The van der Waals surface area contributed by atoms with Gasteiger partial charge in [0.15, 0.2) is 0 Å². The van der Waals surface area contributed by atoms with Crippen LogP contribution in [0.5, 0.6) is 0 Å². The summed E-state index contributed by atoms with van der Waals surface area (Å²) < 4.78 is 4.34. The summed E-state index contributed by atoms with van der Waals surface area (Å²) in [6, 6.07) is 0. The Morgan fingerprint density at radius 2 is 0.833 bits per heavy atom. The first-order chi connectivity index (χ1) is 7.46. The molecule has 0 saturated carbocycles. The predicted molar refractivity (Wildman–Crippen MR) is 91.4 cm³/mol. The van der Waals surface area contributed by atoms with E-state index in [-0.39, 0.29) is 0 Å². The summed E-state index contributed by atoms with van der Waals surface area (Å²) in [5.74, 6) is 0. The molecular formula is C15H37NSiSn. The van der Waals surface area contributed by atoms with E-state index in [1.807, 2.05) is 0 Å². The van der Waals surface area contributed by atoms with Gasteiger partial charge >= 0.3 is 122 Å². The first-order valence-corrected chi connectivity index (χ1v) is 19.2. The minimum absolute atomic E-state index is 0.369. The molecule has 0 rings (SSSR count). The van der Waals surface area contributed by atoms with Crippen molar-refractivity contribution in [2.24, 2.45) is 0 Å². The summed E-state index contributed by atoms with van der Waals surface area (Å²) in [6.07, 6.45) is 0. The van der Waals surface area contributed by atoms with Crippen LogP contribution in [0.15, 0.2) is 0 Å². The van der Waals surface area contributed by atoms with Gasteiger partial charge in [-0.3, -0.25) is 0 Å². The van der Waals surface area contributed by atoms with Gasteiger partial charge in [-0.1, -0.05) is 0 Å². The fraction of sp³-hybridized carbons (Fsp3) is 1.00. The molecule has 1 N–H and O–H groups in total. The molecule has 0 fully saturated rings. The van der Waals surface area contributed by atoms with Crippen molar-refractivity contribution in [3.63, 3.8) is 0 Å². The average molecular weight is 378 g/mol. The van der Waals surface area contributed by atoms with Crippen LogP contribution in [0, 0.1) is 0 Å². The monoisotopic (exact) mass is 379 g/mol.